The summed E-state index contributed by atoms with van der Waals surface area (Å²) in [5.74, 6) is -0.559. The lowest BCUT2D eigenvalue weighted by Gasteiger charge is -2.06. The van der Waals surface area contributed by atoms with Crippen LogP contribution in [0, 0.1) is 6.92 Å². The monoisotopic (exact) mass is 487 g/mol. The van der Waals surface area contributed by atoms with Crippen LogP contribution < -0.4 is 4.74 Å². The maximum absolute atomic E-state index is 12.4. The zero-order chi connectivity index (χ0) is 22.5. The van der Waals surface area contributed by atoms with Gasteiger partial charge in [-0.1, -0.05) is 64.0 Å². The summed E-state index contributed by atoms with van der Waals surface area (Å²) in [5, 5.41) is 0. The average Bonchev–Trinajstić information content (AvgIpc) is 3.15. The highest BCUT2D eigenvalue weighted by Crippen LogP contribution is 2.28. The van der Waals surface area contributed by atoms with E-state index in [1.165, 1.54) is 6.08 Å². The van der Waals surface area contributed by atoms with Crippen LogP contribution in [0.2, 0.25) is 0 Å². The number of benzene rings is 3. The van der Waals surface area contributed by atoms with Gasteiger partial charge < -0.3 is 9.47 Å². The third-order valence-electron chi connectivity index (χ3n) is 4.57. The Morgan fingerprint density at radius 1 is 1.03 bits per heavy atom. The predicted octanol–water partition coefficient (Wildman–Crippen LogP) is 5.72. The first-order chi connectivity index (χ1) is 15.5. The standard InChI is InChI=1S/C26H18BrNO4/c1-17-6-5-9-19(14-17)25-28-22(26(30)32-25)16-20-15-21(27)11-12-23(20)31-24(29)13-10-18-7-3-2-4-8-18/h2-16H,1H3/b13-10+,22-16+. The number of cyclic esters (lactones) is 1. The van der Waals surface area contributed by atoms with Gasteiger partial charge in [-0.25, -0.2) is 14.6 Å². The minimum Gasteiger partial charge on any atom is -0.423 e. The van der Waals surface area contributed by atoms with Crippen molar-refractivity contribution in [1.82, 2.24) is 0 Å². The molecule has 1 aliphatic rings. The van der Waals surface area contributed by atoms with E-state index >= 15 is 0 Å². The zero-order valence-electron chi connectivity index (χ0n) is 17.1. The van der Waals surface area contributed by atoms with E-state index in [4.69, 9.17) is 9.47 Å². The van der Waals surface area contributed by atoms with Gasteiger partial charge in [-0.05, 0) is 55.0 Å². The van der Waals surface area contributed by atoms with E-state index in [0.717, 1.165) is 15.6 Å². The molecule has 0 fully saturated rings. The van der Waals surface area contributed by atoms with E-state index in [0.29, 0.717) is 16.9 Å². The van der Waals surface area contributed by atoms with Crippen molar-refractivity contribution < 1.29 is 19.1 Å². The maximum Gasteiger partial charge on any atom is 0.363 e. The molecule has 3 aromatic carbocycles. The minimum atomic E-state index is -0.567. The fourth-order valence-electron chi connectivity index (χ4n) is 3.05. The van der Waals surface area contributed by atoms with Gasteiger partial charge in [0.05, 0.1) is 0 Å². The summed E-state index contributed by atoms with van der Waals surface area (Å²) >= 11 is 3.41. The van der Waals surface area contributed by atoms with E-state index in [-0.39, 0.29) is 11.6 Å². The number of halogens is 1. The molecule has 0 atom stereocenters. The predicted molar refractivity (Wildman–Crippen MR) is 127 cm³/mol. The van der Waals surface area contributed by atoms with Gasteiger partial charge in [0.1, 0.15) is 5.75 Å². The van der Waals surface area contributed by atoms with Crippen LogP contribution in [0.1, 0.15) is 22.3 Å². The first-order valence-corrected chi connectivity index (χ1v) is 10.6. The fraction of sp³-hybridized carbons (Fsp3) is 0.0385. The Morgan fingerprint density at radius 3 is 2.62 bits per heavy atom. The molecule has 0 N–H and O–H groups in total. The summed E-state index contributed by atoms with van der Waals surface area (Å²) in [4.78, 5) is 29.1. The van der Waals surface area contributed by atoms with Crippen LogP contribution in [0.25, 0.3) is 12.2 Å². The molecule has 0 spiro atoms. The Hall–Kier alpha value is -3.77. The first kappa shape index (κ1) is 21.5. The van der Waals surface area contributed by atoms with Gasteiger partial charge in [-0.15, -0.1) is 0 Å². The number of aryl methyl sites for hydroxylation is 1. The number of aliphatic imine (C=N–C) groups is 1. The van der Waals surface area contributed by atoms with E-state index in [2.05, 4.69) is 20.9 Å². The van der Waals surface area contributed by atoms with Crippen LogP contribution in [0.5, 0.6) is 5.75 Å². The molecule has 5 nitrogen and oxygen atoms in total. The largest absolute Gasteiger partial charge is 0.423 e. The number of carbonyl (C=O) groups is 2. The summed E-state index contributed by atoms with van der Waals surface area (Å²) in [5.41, 5.74) is 3.27. The third-order valence-corrected chi connectivity index (χ3v) is 5.06. The Balaban J connectivity index is 1.59. The van der Waals surface area contributed by atoms with Crippen LogP contribution in [0.15, 0.2) is 94.0 Å². The maximum atomic E-state index is 12.4. The lowest BCUT2D eigenvalue weighted by Crippen LogP contribution is -2.06. The van der Waals surface area contributed by atoms with Crippen LogP contribution in [0.3, 0.4) is 0 Å². The van der Waals surface area contributed by atoms with Crippen LogP contribution in [-0.2, 0) is 14.3 Å². The summed E-state index contributed by atoms with van der Waals surface area (Å²) in [6, 6.07) is 22.1. The number of hydrogen-bond donors (Lipinski definition) is 0. The molecule has 1 aliphatic heterocycles. The highest BCUT2D eigenvalue weighted by Gasteiger charge is 2.24. The van der Waals surface area contributed by atoms with Crippen molar-refractivity contribution in [3.8, 4) is 5.75 Å². The minimum absolute atomic E-state index is 0.122. The van der Waals surface area contributed by atoms with E-state index < -0.39 is 11.9 Å². The Labute approximate surface area is 193 Å². The summed E-state index contributed by atoms with van der Waals surface area (Å²) < 4.78 is 11.6. The van der Waals surface area contributed by atoms with Gasteiger partial charge in [-0.3, -0.25) is 0 Å². The molecule has 1 heterocycles. The quantitative estimate of drug-likeness (QED) is 0.262. The molecule has 0 amide bonds. The van der Waals surface area contributed by atoms with Crippen molar-refractivity contribution in [2.45, 2.75) is 6.92 Å². The summed E-state index contributed by atoms with van der Waals surface area (Å²) in [6.07, 6.45) is 4.57. The highest BCUT2D eigenvalue weighted by molar-refractivity contribution is 9.10. The molecule has 32 heavy (non-hydrogen) atoms. The molecule has 0 bridgehead atoms. The van der Waals surface area contributed by atoms with Gasteiger partial charge in [-0.2, -0.15) is 0 Å². The Bertz CT molecular complexity index is 1280. The van der Waals surface area contributed by atoms with Gasteiger partial charge in [0.15, 0.2) is 5.70 Å². The van der Waals surface area contributed by atoms with Crippen LogP contribution in [0.4, 0.5) is 0 Å². The topological polar surface area (TPSA) is 65.0 Å². The second-order valence-corrected chi connectivity index (χ2v) is 7.97. The number of rotatable bonds is 5. The Morgan fingerprint density at radius 2 is 1.84 bits per heavy atom. The van der Waals surface area contributed by atoms with Crippen molar-refractivity contribution in [3.63, 3.8) is 0 Å². The van der Waals surface area contributed by atoms with Gasteiger partial charge in [0.2, 0.25) is 5.90 Å². The number of esters is 2. The molecule has 158 valence electrons. The fourth-order valence-corrected chi connectivity index (χ4v) is 3.43. The van der Waals surface area contributed by atoms with E-state index in [1.54, 1.807) is 30.4 Å². The first-order valence-electron chi connectivity index (χ1n) is 9.82. The smallest absolute Gasteiger partial charge is 0.363 e. The van der Waals surface area contributed by atoms with Crippen molar-refractivity contribution in [3.05, 3.63) is 111 Å². The molecule has 0 unspecified atom stereocenters. The lowest BCUT2D eigenvalue weighted by molar-refractivity contribution is -0.130. The Kier molecular flexibility index (Phi) is 6.42. The molecule has 0 aromatic heterocycles. The summed E-state index contributed by atoms with van der Waals surface area (Å²) in [7, 11) is 0. The molecule has 4 rings (SSSR count). The molecule has 6 heteroatoms. The van der Waals surface area contributed by atoms with E-state index in [1.807, 2.05) is 61.5 Å². The van der Waals surface area contributed by atoms with Crippen LogP contribution >= 0.6 is 15.9 Å². The molecular weight excluding hydrogens is 470 g/mol. The third kappa shape index (κ3) is 5.28. The molecule has 0 radical (unpaired) electrons. The normalized spacial score (nSPS) is 14.5. The SMILES string of the molecule is Cc1cccc(C2=N/C(=C/c3cc(Br)ccc3OC(=O)/C=C/c3ccccc3)C(=O)O2)c1. The average molecular weight is 488 g/mol. The second kappa shape index (κ2) is 9.58. The van der Waals surface area contributed by atoms with Crippen molar-refractivity contribution in [2.75, 3.05) is 0 Å². The van der Waals surface area contributed by atoms with Crippen molar-refractivity contribution in [2.24, 2.45) is 4.99 Å². The molecular formula is C26H18BrNO4. The zero-order valence-corrected chi connectivity index (χ0v) is 18.7. The number of ether oxygens (including phenoxy) is 2. The second-order valence-electron chi connectivity index (χ2n) is 7.05. The van der Waals surface area contributed by atoms with Gasteiger partial charge in [0, 0.05) is 21.7 Å². The number of nitrogens with zero attached hydrogens (tertiary/aromatic N) is 1. The van der Waals surface area contributed by atoms with E-state index in [9.17, 15) is 9.59 Å². The lowest BCUT2D eigenvalue weighted by atomic mass is 10.1. The van der Waals surface area contributed by atoms with Gasteiger partial charge in [0.25, 0.3) is 0 Å². The number of carbonyl (C=O) groups excluding carboxylic acids is 2. The van der Waals surface area contributed by atoms with Crippen molar-refractivity contribution in [1.29, 1.82) is 0 Å². The summed E-state index contributed by atoms with van der Waals surface area (Å²) in [6.45, 7) is 1.95. The molecule has 0 saturated carbocycles. The van der Waals surface area contributed by atoms with Crippen LogP contribution in [-0.4, -0.2) is 17.8 Å². The van der Waals surface area contributed by atoms with Crippen molar-refractivity contribution >= 4 is 45.9 Å². The number of hydrogen-bond acceptors (Lipinski definition) is 5. The molecule has 3 aromatic rings. The molecule has 0 aliphatic carbocycles. The van der Waals surface area contributed by atoms with Gasteiger partial charge >= 0.3 is 11.9 Å². The highest BCUT2D eigenvalue weighted by atomic mass is 79.9. The molecule has 0 saturated heterocycles.